The zero-order valence-electron chi connectivity index (χ0n) is 14.1. The second kappa shape index (κ2) is 7.93. The zero-order valence-corrected chi connectivity index (χ0v) is 14.1. The third kappa shape index (κ3) is 4.55. The Bertz CT molecular complexity index is 497. The average molecular weight is 316 g/mol. The number of carbonyl (C=O) groups excluding carboxylic acids is 1. The molecule has 126 valence electrons. The molecule has 1 amide bonds. The first-order valence-electron chi connectivity index (χ1n) is 8.87. The van der Waals surface area contributed by atoms with E-state index >= 15 is 0 Å². The summed E-state index contributed by atoms with van der Waals surface area (Å²) in [4.78, 5) is 16.0. The zero-order chi connectivity index (χ0) is 16.1. The molecular formula is C19H28N2O2. The van der Waals surface area contributed by atoms with Gasteiger partial charge in [-0.25, -0.2) is 0 Å². The van der Waals surface area contributed by atoms with Crippen molar-refractivity contribution in [2.45, 2.75) is 44.8 Å². The standard InChI is InChI=1S/C19H28N2O2/c1-16(22)20-11-9-18(10-12-20)21-13-14-23-19(15-21)8-7-17-5-3-2-4-6-17/h2-6,18-19H,7-15H2,1H3. The van der Waals surface area contributed by atoms with Gasteiger partial charge in [0.2, 0.25) is 5.91 Å². The van der Waals surface area contributed by atoms with Crippen molar-refractivity contribution >= 4 is 5.91 Å². The molecule has 4 heteroatoms. The number of ether oxygens (including phenoxy) is 1. The molecule has 3 rings (SSSR count). The Morgan fingerprint density at radius 1 is 1.17 bits per heavy atom. The van der Waals surface area contributed by atoms with Gasteiger partial charge in [0.15, 0.2) is 0 Å². The van der Waals surface area contributed by atoms with Crippen molar-refractivity contribution in [2.75, 3.05) is 32.8 Å². The maximum absolute atomic E-state index is 11.4. The van der Waals surface area contributed by atoms with Crippen molar-refractivity contribution in [1.82, 2.24) is 9.80 Å². The van der Waals surface area contributed by atoms with Crippen LogP contribution in [0.2, 0.25) is 0 Å². The van der Waals surface area contributed by atoms with Gasteiger partial charge in [0.05, 0.1) is 12.7 Å². The highest BCUT2D eigenvalue weighted by Gasteiger charge is 2.29. The Kier molecular flexibility index (Phi) is 5.68. The van der Waals surface area contributed by atoms with Gasteiger partial charge in [0, 0.05) is 39.1 Å². The van der Waals surface area contributed by atoms with Gasteiger partial charge in [-0.05, 0) is 31.2 Å². The number of benzene rings is 1. The summed E-state index contributed by atoms with van der Waals surface area (Å²) in [6.07, 6.45) is 4.72. The SMILES string of the molecule is CC(=O)N1CCC(N2CCOC(CCc3ccccc3)C2)CC1. The number of morpholine rings is 1. The van der Waals surface area contributed by atoms with Crippen LogP contribution in [-0.2, 0) is 16.0 Å². The lowest BCUT2D eigenvalue weighted by Crippen LogP contribution is -2.52. The first kappa shape index (κ1) is 16.5. The second-order valence-corrected chi connectivity index (χ2v) is 6.75. The number of piperidine rings is 1. The molecule has 1 aromatic carbocycles. The largest absolute Gasteiger partial charge is 0.376 e. The Labute approximate surface area is 139 Å². The number of carbonyl (C=O) groups is 1. The van der Waals surface area contributed by atoms with Crippen LogP contribution in [0.3, 0.4) is 0 Å². The van der Waals surface area contributed by atoms with Gasteiger partial charge in [-0.2, -0.15) is 0 Å². The van der Waals surface area contributed by atoms with Crippen LogP contribution < -0.4 is 0 Å². The van der Waals surface area contributed by atoms with Crippen molar-refractivity contribution < 1.29 is 9.53 Å². The van der Waals surface area contributed by atoms with Crippen molar-refractivity contribution in [3.63, 3.8) is 0 Å². The van der Waals surface area contributed by atoms with Gasteiger partial charge in [0.1, 0.15) is 0 Å². The fourth-order valence-electron chi connectivity index (χ4n) is 3.77. The quantitative estimate of drug-likeness (QED) is 0.855. The smallest absolute Gasteiger partial charge is 0.219 e. The van der Waals surface area contributed by atoms with Gasteiger partial charge in [-0.1, -0.05) is 30.3 Å². The van der Waals surface area contributed by atoms with E-state index in [2.05, 4.69) is 35.2 Å². The van der Waals surface area contributed by atoms with Crippen LogP contribution in [0.5, 0.6) is 0 Å². The molecule has 0 N–H and O–H groups in total. The first-order chi connectivity index (χ1) is 11.2. The number of aryl methyl sites for hydroxylation is 1. The van der Waals surface area contributed by atoms with E-state index in [1.165, 1.54) is 5.56 Å². The van der Waals surface area contributed by atoms with Crippen LogP contribution >= 0.6 is 0 Å². The van der Waals surface area contributed by atoms with E-state index in [4.69, 9.17) is 4.74 Å². The Morgan fingerprint density at radius 3 is 2.61 bits per heavy atom. The summed E-state index contributed by atoms with van der Waals surface area (Å²) in [5.41, 5.74) is 1.39. The van der Waals surface area contributed by atoms with Crippen molar-refractivity contribution in [2.24, 2.45) is 0 Å². The lowest BCUT2D eigenvalue weighted by Gasteiger charge is -2.42. The van der Waals surface area contributed by atoms with E-state index in [9.17, 15) is 4.79 Å². The molecule has 4 nitrogen and oxygen atoms in total. The van der Waals surface area contributed by atoms with Crippen LogP contribution in [0.1, 0.15) is 31.7 Å². The highest BCUT2D eigenvalue weighted by Crippen LogP contribution is 2.21. The summed E-state index contributed by atoms with van der Waals surface area (Å²) >= 11 is 0. The molecule has 2 fully saturated rings. The number of nitrogens with zero attached hydrogens (tertiary/aromatic N) is 2. The first-order valence-corrected chi connectivity index (χ1v) is 8.87. The summed E-state index contributed by atoms with van der Waals surface area (Å²) in [7, 11) is 0. The number of hydrogen-bond donors (Lipinski definition) is 0. The van der Waals surface area contributed by atoms with Gasteiger partial charge >= 0.3 is 0 Å². The number of rotatable bonds is 4. The van der Waals surface area contributed by atoms with E-state index in [1.54, 1.807) is 6.92 Å². The summed E-state index contributed by atoms with van der Waals surface area (Å²) < 4.78 is 5.97. The highest BCUT2D eigenvalue weighted by atomic mass is 16.5. The third-order valence-electron chi connectivity index (χ3n) is 5.19. The molecule has 1 atom stereocenters. The van der Waals surface area contributed by atoms with Crippen molar-refractivity contribution in [3.8, 4) is 0 Å². The molecule has 2 aliphatic rings. The number of amides is 1. The lowest BCUT2D eigenvalue weighted by atomic mass is 10.0. The van der Waals surface area contributed by atoms with Crippen LogP contribution in [0.4, 0.5) is 0 Å². The Hall–Kier alpha value is -1.39. The Balaban J connectivity index is 1.46. The molecule has 1 unspecified atom stereocenters. The van der Waals surface area contributed by atoms with E-state index in [1.807, 2.05) is 4.90 Å². The maximum Gasteiger partial charge on any atom is 0.219 e. The number of likely N-dealkylation sites (tertiary alicyclic amines) is 1. The molecule has 0 bridgehead atoms. The van der Waals surface area contributed by atoms with Gasteiger partial charge in [0.25, 0.3) is 0 Å². The van der Waals surface area contributed by atoms with E-state index in [-0.39, 0.29) is 5.91 Å². The van der Waals surface area contributed by atoms with E-state index in [0.717, 1.165) is 58.5 Å². The minimum absolute atomic E-state index is 0.214. The molecule has 23 heavy (non-hydrogen) atoms. The van der Waals surface area contributed by atoms with Crippen LogP contribution in [-0.4, -0.2) is 60.6 Å². The Morgan fingerprint density at radius 2 is 1.91 bits per heavy atom. The summed E-state index contributed by atoms with van der Waals surface area (Å²) in [5.74, 6) is 0.214. The van der Waals surface area contributed by atoms with Gasteiger partial charge in [-0.3, -0.25) is 9.69 Å². The molecule has 0 radical (unpaired) electrons. The summed E-state index contributed by atoms with van der Waals surface area (Å²) in [5, 5.41) is 0. The van der Waals surface area contributed by atoms with Crippen molar-refractivity contribution in [3.05, 3.63) is 35.9 Å². The monoisotopic (exact) mass is 316 g/mol. The minimum atomic E-state index is 0.214. The average Bonchev–Trinajstić information content (AvgIpc) is 2.61. The van der Waals surface area contributed by atoms with Gasteiger partial charge in [-0.15, -0.1) is 0 Å². The third-order valence-corrected chi connectivity index (χ3v) is 5.19. The molecule has 0 aromatic heterocycles. The second-order valence-electron chi connectivity index (χ2n) is 6.75. The highest BCUT2D eigenvalue weighted by molar-refractivity contribution is 5.73. The van der Waals surface area contributed by atoms with Gasteiger partial charge < -0.3 is 9.64 Å². The summed E-state index contributed by atoms with van der Waals surface area (Å²) in [6.45, 7) is 6.41. The lowest BCUT2D eigenvalue weighted by molar-refractivity contribution is -0.131. The fraction of sp³-hybridized carbons (Fsp3) is 0.632. The predicted octanol–water partition coefficient (Wildman–Crippen LogP) is 2.33. The predicted molar refractivity (Wildman–Crippen MR) is 91.4 cm³/mol. The molecule has 1 aromatic rings. The van der Waals surface area contributed by atoms with E-state index in [0.29, 0.717) is 12.1 Å². The van der Waals surface area contributed by atoms with Crippen molar-refractivity contribution in [1.29, 1.82) is 0 Å². The topological polar surface area (TPSA) is 32.8 Å². The molecule has 2 saturated heterocycles. The normalized spacial score (nSPS) is 23.9. The fourth-order valence-corrected chi connectivity index (χ4v) is 3.77. The summed E-state index contributed by atoms with van der Waals surface area (Å²) in [6, 6.07) is 11.3. The maximum atomic E-state index is 11.4. The molecule has 2 heterocycles. The minimum Gasteiger partial charge on any atom is -0.376 e. The molecule has 2 aliphatic heterocycles. The van der Waals surface area contributed by atoms with Crippen LogP contribution in [0.15, 0.2) is 30.3 Å². The van der Waals surface area contributed by atoms with Crippen LogP contribution in [0.25, 0.3) is 0 Å². The molecule has 0 saturated carbocycles. The molecule has 0 aliphatic carbocycles. The molecule has 0 spiro atoms. The molecular weight excluding hydrogens is 288 g/mol. The number of hydrogen-bond acceptors (Lipinski definition) is 3. The van der Waals surface area contributed by atoms with E-state index < -0.39 is 0 Å². The van der Waals surface area contributed by atoms with Crippen LogP contribution in [0, 0.1) is 0 Å².